The minimum Gasteiger partial charge on any atom is -0.523 e. The van der Waals surface area contributed by atoms with Crippen molar-refractivity contribution >= 4 is 19.7 Å². The Labute approximate surface area is 89.9 Å². The molecule has 0 spiro atoms. The summed E-state index contributed by atoms with van der Waals surface area (Å²) < 4.78 is 5.87. The molecule has 1 N–H and O–H groups in total. The molecular formula is C9H17NO2SSi. The van der Waals surface area contributed by atoms with Crippen molar-refractivity contribution in [2.75, 3.05) is 0 Å². The minimum absolute atomic E-state index is 0.0451. The van der Waals surface area contributed by atoms with E-state index in [0.29, 0.717) is 5.19 Å². The Morgan fingerprint density at radius 1 is 1.43 bits per heavy atom. The molecule has 0 fully saturated rings. The van der Waals surface area contributed by atoms with Crippen molar-refractivity contribution in [3.63, 3.8) is 0 Å². The van der Waals surface area contributed by atoms with Crippen molar-refractivity contribution < 1.29 is 9.53 Å². The lowest BCUT2D eigenvalue weighted by Gasteiger charge is -2.35. The maximum absolute atomic E-state index is 9.09. The Kier molecular flexibility index (Phi) is 2.92. The highest BCUT2D eigenvalue weighted by Crippen LogP contribution is 2.38. The van der Waals surface area contributed by atoms with Crippen LogP contribution < -0.4 is 4.43 Å². The van der Waals surface area contributed by atoms with Crippen LogP contribution in [-0.4, -0.2) is 18.4 Å². The van der Waals surface area contributed by atoms with Gasteiger partial charge in [-0.1, -0.05) is 32.1 Å². The second kappa shape index (κ2) is 3.55. The van der Waals surface area contributed by atoms with Crippen LogP contribution in [0.25, 0.3) is 0 Å². The second-order valence-corrected chi connectivity index (χ2v) is 10.4. The zero-order valence-electron chi connectivity index (χ0n) is 9.29. The molecule has 5 heteroatoms. The van der Waals surface area contributed by atoms with Gasteiger partial charge in [-0.3, -0.25) is 0 Å². The Morgan fingerprint density at radius 3 is 2.36 bits per heavy atom. The minimum atomic E-state index is -1.80. The van der Waals surface area contributed by atoms with Crippen LogP contribution >= 0.6 is 11.3 Å². The number of nitrogens with zero attached hydrogens (tertiary/aromatic N) is 1. The predicted octanol–water partition coefficient (Wildman–Crippen LogP) is 3.23. The summed E-state index contributed by atoms with van der Waals surface area (Å²) in [4.78, 5) is 3.90. The van der Waals surface area contributed by atoms with Crippen LogP contribution in [0.15, 0.2) is 5.38 Å². The molecule has 0 atom stereocenters. The van der Waals surface area contributed by atoms with Crippen molar-refractivity contribution in [1.82, 2.24) is 4.98 Å². The third-order valence-corrected chi connectivity index (χ3v) is 7.79. The van der Waals surface area contributed by atoms with E-state index in [2.05, 4.69) is 38.8 Å². The van der Waals surface area contributed by atoms with Gasteiger partial charge < -0.3 is 9.53 Å². The summed E-state index contributed by atoms with van der Waals surface area (Å²) in [5.74, 6) is 0.0451. The molecule has 80 valence electrons. The van der Waals surface area contributed by atoms with Crippen molar-refractivity contribution in [2.45, 2.75) is 38.9 Å². The molecule has 0 aromatic carbocycles. The zero-order valence-corrected chi connectivity index (χ0v) is 11.1. The number of thiazole rings is 1. The first-order valence-corrected chi connectivity index (χ1v) is 8.35. The lowest BCUT2D eigenvalue weighted by atomic mass is 10.2. The van der Waals surface area contributed by atoms with E-state index in [1.165, 1.54) is 11.3 Å². The topological polar surface area (TPSA) is 42.4 Å². The predicted molar refractivity (Wildman–Crippen MR) is 61.6 cm³/mol. The van der Waals surface area contributed by atoms with Gasteiger partial charge in [0.25, 0.3) is 13.5 Å². The molecule has 1 aromatic rings. The molecule has 0 unspecified atom stereocenters. The average molecular weight is 231 g/mol. The summed E-state index contributed by atoms with van der Waals surface area (Å²) in [6, 6.07) is 0. The van der Waals surface area contributed by atoms with Crippen molar-refractivity contribution in [3.05, 3.63) is 5.38 Å². The maximum atomic E-state index is 9.09. The van der Waals surface area contributed by atoms with E-state index >= 15 is 0 Å². The van der Waals surface area contributed by atoms with Crippen LogP contribution in [0.3, 0.4) is 0 Å². The second-order valence-electron chi connectivity index (χ2n) is 4.83. The molecule has 0 bridgehead atoms. The molecule has 0 saturated carbocycles. The highest BCUT2D eigenvalue weighted by atomic mass is 32.1. The maximum Gasteiger partial charge on any atom is 0.262 e. The van der Waals surface area contributed by atoms with Gasteiger partial charge in [-0.05, 0) is 18.1 Å². The fourth-order valence-electron chi connectivity index (χ4n) is 0.668. The van der Waals surface area contributed by atoms with Gasteiger partial charge in [-0.25, -0.2) is 0 Å². The first-order chi connectivity index (χ1) is 6.22. The van der Waals surface area contributed by atoms with Crippen LogP contribution in [-0.2, 0) is 0 Å². The van der Waals surface area contributed by atoms with Gasteiger partial charge in [-0.2, -0.15) is 4.98 Å². The van der Waals surface area contributed by atoms with E-state index < -0.39 is 8.32 Å². The van der Waals surface area contributed by atoms with Gasteiger partial charge in [0, 0.05) is 0 Å². The highest BCUT2D eigenvalue weighted by molar-refractivity contribution is 7.12. The number of hydrogen-bond donors (Lipinski definition) is 1. The molecule has 1 rings (SSSR count). The number of aromatic nitrogens is 1. The van der Waals surface area contributed by atoms with Gasteiger partial charge in [0.05, 0.1) is 5.38 Å². The molecule has 0 radical (unpaired) electrons. The third kappa shape index (κ3) is 2.48. The van der Waals surface area contributed by atoms with Crippen LogP contribution in [0.5, 0.6) is 11.1 Å². The summed E-state index contributed by atoms with van der Waals surface area (Å²) in [5, 5.41) is 11.4. The Balaban J connectivity index is 2.78. The summed E-state index contributed by atoms with van der Waals surface area (Å²) in [7, 11) is -1.80. The fraction of sp³-hybridized carbons (Fsp3) is 0.667. The molecule has 0 aliphatic carbocycles. The normalized spacial score (nSPS) is 12.9. The standard InChI is InChI=1S/C9H17NO2SSi/c1-9(2,3)14(4,5)12-8-10-7(11)6-13-8/h6,11H,1-5H3. The summed E-state index contributed by atoms with van der Waals surface area (Å²) in [6.07, 6.45) is 0. The van der Waals surface area contributed by atoms with E-state index in [1.807, 2.05) is 0 Å². The van der Waals surface area contributed by atoms with E-state index in [4.69, 9.17) is 9.53 Å². The van der Waals surface area contributed by atoms with Crippen LogP contribution in [0.2, 0.25) is 18.1 Å². The lowest BCUT2D eigenvalue weighted by molar-refractivity contribution is 0.440. The van der Waals surface area contributed by atoms with Crippen LogP contribution in [0.1, 0.15) is 20.8 Å². The van der Waals surface area contributed by atoms with Gasteiger partial charge >= 0.3 is 0 Å². The Morgan fingerprint density at radius 2 is 2.00 bits per heavy atom. The number of aromatic hydroxyl groups is 1. The molecule has 1 aromatic heterocycles. The Hall–Kier alpha value is -0.553. The van der Waals surface area contributed by atoms with Gasteiger partial charge in [0.2, 0.25) is 5.88 Å². The molecular weight excluding hydrogens is 214 g/mol. The molecule has 0 saturated heterocycles. The Bertz CT molecular complexity index is 317. The first-order valence-electron chi connectivity index (χ1n) is 4.56. The van der Waals surface area contributed by atoms with Crippen LogP contribution in [0.4, 0.5) is 0 Å². The smallest absolute Gasteiger partial charge is 0.262 e. The van der Waals surface area contributed by atoms with E-state index in [1.54, 1.807) is 5.38 Å². The van der Waals surface area contributed by atoms with Crippen LogP contribution in [0, 0.1) is 0 Å². The average Bonchev–Trinajstić information content (AvgIpc) is 2.31. The monoisotopic (exact) mass is 231 g/mol. The van der Waals surface area contributed by atoms with E-state index in [9.17, 15) is 0 Å². The molecule has 3 nitrogen and oxygen atoms in total. The highest BCUT2D eigenvalue weighted by Gasteiger charge is 2.39. The quantitative estimate of drug-likeness (QED) is 0.795. The van der Waals surface area contributed by atoms with Gasteiger partial charge in [0.15, 0.2) is 0 Å². The van der Waals surface area contributed by atoms with Crippen molar-refractivity contribution in [3.8, 4) is 11.1 Å². The van der Waals surface area contributed by atoms with E-state index in [-0.39, 0.29) is 10.9 Å². The molecule has 0 aliphatic rings. The zero-order chi connectivity index (χ0) is 11.0. The molecule has 0 amide bonds. The number of rotatable bonds is 2. The van der Waals surface area contributed by atoms with Crippen molar-refractivity contribution in [2.24, 2.45) is 0 Å². The molecule has 0 aliphatic heterocycles. The SMILES string of the molecule is CC(C)(C)[Si](C)(C)Oc1nc(O)cs1. The fourth-order valence-corrected chi connectivity index (χ4v) is 2.68. The molecule has 14 heavy (non-hydrogen) atoms. The summed E-state index contributed by atoms with van der Waals surface area (Å²) in [5.41, 5.74) is 0. The third-order valence-electron chi connectivity index (χ3n) is 2.62. The summed E-state index contributed by atoms with van der Waals surface area (Å²) >= 11 is 1.34. The number of hydrogen-bond acceptors (Lipinski definition) is 4. The lowest BCUT2D eigenvalue weighted by Crippen LogP contribution is -2.43. The van der Waals surface area contributed by atoms with Gasteiger partial charge in [-0.15, -0.1) is 0 Å². The van der Waals surface area contributed by atoms with Gasteiger partial charge in [0.1, 0.15) is 0 Å². The first kappa shape index (κ1) is 11.5. The largest absolute Gasteiger partial charge is 0.523 e. The van der Waals surface area contributed by atoms with E-state index in [0.717, 1.165) is 0 Å². The van der Waals surface area contributed by atoms with Crippen molar-refractivity contribution in [1.29, 1.82) is 0 Å². The molecule has 1 heterocycles. The summed E-state index contributed by atoms with van der Waals surface area (Å²) in [6.45, 7) is 10.8.